The standard InChI is InChI=1S/C18H23NO2/c1-3-19(14-8-13-18(20)21-4-2)17-12-7-10-15-9-5-6-11-16(15)17/h5-7,9-12H,3-4,8,13-14H2,1-2H3. The molecule has 0 atom stereocenters. The lowest BCUT2D eigenvalue weighted by molar-refractivity contribution is -0.143. The number of carbonyl (C=O) groups excluding carboxylic acids is 1. The Morgan fingerprint density at radius 1 is 1.10 bits per heavy atom. The van der Waals surface area contributed by atoms with Gasteiger partial charge in [0, 0.05) is 30.6 Å². The maximum absolute atomic E-state index is 11.4. The molecule has 0 radical (unpaired) electrons. The number of rotatable bonds is 7. The van der Waals surface area contributed by atoms with Crippen molar-refractivity contribution in [3.8, 4) is 0 Å². The van der Waals surface area contributed by atoms with E-state index >= 15 is 0 Å². The molecule has 0 amide bonds. The molecule has 0 saturated carbocycles. The van der Waals surface area contributed by atoms with Gasteiger partial charge in [0.1, 0.15) is 0 Å². The molecule has 0 aliphatic heterocycles. The molecule has 3 nitrogen and oxygen atoms in total. The minimum atomic E-state index is -0.105. The lowest BCUT2D eigenvalue weighted by Crippen LogP contribution is -2.24. The molecule has 0 spiro atoms. The number of esters is 1. The van der Waals surface area contributed by atoms with E-state index in [1.807, 2.05) is 6.92 Å². The summed E-state index contributed by atoms with van der Waals surface area (Å²) in [6, 6.07) is 14.8. The van der Waals surface area contributed by atoms with Crippen LogP contribution in [0.5, 0.6) is 0 Å². The van der Waals surface area contributed by atoms with Crippen molar-refractivity contribution < 1.29 is 9.53 Å². The summed E-state index contributed by atoms with van der Waals surface area (Å²) < 4.78 is 4.98. The van der Waals surface area contributed by atoms with Gasteiger partial charge < -0.3 is 9.64 Å². The fraction of sp³-hybridized carbons (Fsp3) is 0.389. The topological polar surface area (TPSA) is 29.5 Å². The molecule has 0 bridgehead atoms. The molecule has 0 aliphatic carbocycles. The van der Waals surface area contributed by atoms with Crippen LogP contribution in [0.4, 0.5) is 5.69 Å². The molecule has 0 aromatic heterocycles. The van der Waals surface area contributed by atoms with Crippen molar-refractivity contribution in [3.63, 3.8) is 0 Å². The highest BCUT2D eigenvalue weighted by Crippen LogP contribution is 2.26. The summed E-state index contributed by atoms with van der Waals surface area (Å²) in [4.78, 5) is 13.7. The molecule has 0 heterocycles. The molecular formula is C18H23NO2. The van der Waals surface area contributed by atoms with E-state index in [0.717, 1.165) is 19.5 Å². The number of nitrogens with zero attached hydrogens (tertiary/aromatic N) is 1. The first-order chi connectivity index (χ1) is 10.3. The predicted octanol–water partition coefficient (Wildman–Crippen LogP) is 4.01. The fourth-order valence-electron chi connectivity index (χ4n) is 2.58. The van der Waals surface area contributed by atoms with Gasteiger partial charge in [0.2, 0.25) is 0 Å². The van der Waals surface area contributed by atoms with E-state index in [1.54, 1.807) is 0 Å². The molecule has 21 heavy (non-hydrogen) atoms. The summed E-state index contributed by atoms with van der Waals surface area (Å²) in [5, 5.41) is 2.51. The number of hydrogen-bond acceptors (Lipinski definition) is 3. The van der Waals surface area contributed by atoms with Gasteiger partial charge in [0.05, 0.1) is 6.61 Å². The third kappa shape index (κ3) is 3.97. The van der Waals surface area contributed by atoms with Gasteiger partial charge in [-0.1, -0.05) is 36.4 Å². The van der Waals surface area contributed by atoms with E-state index in [1.165, 1.54) is 16.5 Å². The first-order valence-electron chi connectivity index (χ1n) is 7.64. The summed E-state index contributed by atoms with van der Waals surface area (Å²) in [6.07, 6.45) is 1.30. The van der Waals surface area contributed by atoms with Gasteiger partial charge in [-0.15, -0.1) is 0 Å². The molecule has 112 valence electrons. The number of anilines is 1. The molecule has 2 rings (SSSR count). The zero-order valence-electron chi connectivity index (χ0n) is 12.8. The number of carbonyl (C=O) groups is 1. The maximum Gasteiger partial charge on any atom is 0.305 e. The molecule has 0 fully saturated rings. The molecule has 0 aliphatic rings. The Morgan fingerprint density at radius 2 is 1.86 bits per heavy atom. The highest BCUT2D eigenvalue weighted by atomic mass is 16.5. The van der Waals surface area contributed by atoms with Gasteiger partial charge in [-0.3, -0.25) is 4.79 Å². The van der Waals surface area contributed by atoms with Crippen LogP contribution in [0.15, 0.2) is 42.5 Å². The number of ether oxygens (including phenoxy) is 1. The van der Waals surface area contributed by atoms with Crippen LogP contribution in [0.25, 0.3) is 10.8 Å². The SMILES string of the molecule is CCOC(=O)CCCN(CC)c1cccc2ccccc12. The lowest BCUT2D eigenvalue weighted by Gasteiger charge is -2.24. The van der Waals surface area contributed by atoms with E-state index in [-0.39, 0.29) is 5.97 Å². The first-order valence-corrected chi connectivity index (χ1v) is 7.64. The predicted molar refractivity (Wildman–Crippen MR) is 87.7 cm³/mol. The van der Waals surface area contributed by atoms with Crippen molar-refractivity contribution in [2.75, 3.05) is 24.6 Å². The quantitative estimate of drug-likeness (QED) is 0.720. The summed E-state index contributed by atoms with van der Waals surface area (Å²) in [5.41, 5.74) is 1.24. The molecule has 2 aromatic rings. The van der Waals surface area contributed by atoms with Crippen LogP contribution < -0.4 is 4.90 Å². The summed E-state index contributed by atoms with van der Waals surface area (Å²) in [6.45, 7) is 6.23. The van der Waals surface area contributed by atoms with Crippen molar-refractivity contribution in [3.05, 3.63) is 42.5 Å². The molecular weight excluding hydrogens is 262 g/mol. The Morgan fingerprint density at radius 3 is 2.62 bits per heavy atom. The minimum absolute atomic E-state index is 0.105. The van der Waals surface area contributed by atoms with Gasteiger partial charge in [-0.25, -0.2) is 0 Å². The Bertz CT molecular complexity index is 589. The third-order valence-corrected chi connectivity index (χ3v) is 3.60. The van der Waals surface area contributed by atoms with Crippen LogP contribution in [-0.2, 0) is 9.53 Å². The van der Waals surface area contributed by atoms with Crippen molar-refractivity contribution >= 4 is 22.4 Å². The Kier molecular flexibility index (Phi) is 5.61. The average Bonchev–Trinajstić information content (AvgIpc) is 2.51. The van der Waals surface area contributed by atoms with E-state index in [0.29, 0.717) is 13.0 Å². The highest BCUT2D eigenvalue weighted by molar-refractivity contribution is 5.94. The molecule has 0 unspecified atom stereocenters. The highest BCUT2D eigenvalue weighted by Gasteiger charge is 2.09. The molecule has 0 N–H and O–H groups in total. The second-order valence-electron chi connectivity index (χ2n) is 4.99. The Labute approximate surface area is 126 Å². The van der Waals surface area contributed by atoms with Gasteiger partial charge in [0.25, 0.3) is 0 Å². The van der Waals surface area contributed by atoms with Crippen LogP contribution >= 0.6 is 0 Å². The van der Waals surface area contributed by atoms with E-state index in [9.17, 15) is 4.79 Å². The zero-order valence-corrected chi connectivity index (χ0v) is 12.8. The summed E-state index contributed by atoms with van der Waals surface area (Å²) >= 11 is 0. The minimum Gasteiger partial charge on any atom is -0.466 e. The number of hydrogen-bond donors (Lipinski definition) is 0. The van der Waals surface area contributed by atoms with Crippen LogP contribution in [0.1, 0.15) is 26.7 Å². The van der Waals surface area contributed by atoms with Crippen molar-refractivity contribution in [1.29, 1.82) is 0 Å². The lowest BCUT2D eigenvalue weighted by atomic mass is 10.1. The second kappa shape index (κ2) is 7.67. The third-order valence-electron chi connectivity index (χ3n) is 3.60. The van der Waals surface area contributed by atoms with E-state index in [4.69, 9.17) is 4.74 Å². The molecule has 2 aromatic carbocycles. The van der Waals surface area contributed by atoms with Gasteiger partial charge in [-0.05, 0) is 31.7 Å². The maximum atomic E-state index is 11.4. The zero-order chi connectivity index (χ0) is 15.1. The first kappa shape index (κ1) is 15.4. The fourth-order valence-corrected chi connectivity index (χ4v) is 2.58. The summed E-state index contributed by atoms with van der Waals surface area (Å²) in [5.74, 6) is -0.105. The van der Waals surface area contributed by atoms with Gasteiger partial charge in [-0.2, -0.15) is 0 Å². The van der Waals surface area contributed by atoms with Crippen molar-refractivity contribution in [1.82, 2.24) is 0 Å². The van der Waals surface area contributed by atoms with Crippen molar-refractivity contribution in [2.45, 2.75) is 26.7 Å². The Balaban J connectivity index is 2.07. The van der Waals surface area contributed by atoms with Crippen molar-refractivity contribution in [2.24, 2.45) is 0 Å². The molecule has 0 saturated heterocycles. The Hall–Kier alpha value is -2.03. The molecule has 3 heteroatoms. The van der Waals surface area contributed by atoms with Crippen LogP contribution in [0, 0.1) is 0 Å². The van der Waals surface area contributed by atoms with E-state index in [2.05, 4.69) is 54.3 Å². The van der Waals surface area contributed by atoms with Gasteiger partial charge in [0.15, 0.2) is 0 Å². The second-order valence-corrected chi connectivity index (χ2v) is 4.99. The van der Waals surface area contributed by atoms with Crippen LogP contribution in [0.2, 0.25) is 0 Å². The normalized spacial score (nSPS) is 10.6. The monoisotopic (exact) mass is 285 g/mol. The van der Waals surface area contributed by atoms with Crippen LogP contribution in [-0.4, -0.2) is 25.7 Å². The number of fused-ring (bicyclic) bond motifs is 1. The summed E-state index contributed by atoms with van der Waals surface area (Å²) in [7, 11) is 0. The van der Waals surface area contributed by atoms with Gasteiger partial charge >= 0.3 is 5.97 Å². The van der Waals surface area contributed by atoms with E-state index < -0.39 is 0 Å². The smallest absolute Gasteiger partial charge is 0.305 e. The number of benzene rings is 2. The average molecular weight is 285 g/mol. The largest absolute Gasteiger partial charge is 0.466 e. The van der Waals surface area contributed by atoms with Crippen LogP contribution in [0.3, 0.4) is 0 Å².